The van der Waals surface area contributed by atoms with Gasteiger partial charge in [0.05, 0.1) is 6.20 Å². The minimum atomic E-state index is 0.362. The van der Waals surface area contributed by atoms with Gasteiger partial charge in [-0.3, -0.25) is 0 Å². The van der Waals surface area contributed by atoms with Crippen molar-refractivity contribution in [2.24, 2.45) is 5.92 Å². The van der Waals surface area contributed by atoms with E-state index >= 15 is 0 Å². The van der Waals surface area contributed by atoms with Crippen molar-refractivity contribution in [1.29, 1.82) is 0 Å². The van der Waals surface area contributed by atoms with Gasteiger partial charge in [0, 0.05) is 5.56 Å². The van der Waals surface area contributed by atoms with Gasteiger partial charge in [-0.05, 0) is 17.9 Å². The van der Waals surface area contributed by atoms with Crippen LogP contribution < -0.4 is 0 Å². The van der Waals surface area contributed by atoms with Crippen LogP contribution in [0.2, 0.25) is 5.15 Å². The molecule has 0 radical (unpaired) electrons. The molecule has 2 aromatic rings. The average molecular weight is 248 g/mol. The van der Waals surface area contributed by atoms with E-state index in [0.717, 1.165) is 12.0 Å². The lowest BCUT2D eigenvalue weighted by Gasteiger charge is -2.05. The summed E-state index contributed by atoms with van der Waals surface area (Å²) < 4.78 is 0. The highest BCUT2D eigenvalue weighted by Crippen LogP contribution is 2.17. The van der Waals surface area contributed by atoms with Crippen LogP contribution in [0.4, 0.5) is 0 Å². The van der Waals surface area contributed by atoms with E-state index in [1.165, 1.54) is 11.8 Å². The Labute approximate surface area is 106 Å². The Morgan fingerprint density at radius 3 is 2.47 bits per heavy atom. The van der Waals surface area contributed by atoms with Crippen LogP contribution in [-0.4, -0.2) is 15.2 Å². The number of nitrogens with zero attached hydrogens (tertiary/aromatic N) is 3. The predicted molar refractivity (Wildman–Crippen MR) is 68.8 cm³/mol. The monoisotopic (exact) mass is 247 g/mol. The summed E-state index contributed by atoms with van der Waals surface area (Å²) in [7, 11) is 0. The highest BCUT2D eigenvalue weighted by atomic mass is 35.5. The van der Waals surface area contributed by atoms with E-state index < -0.39 is 0 Å². The van der Waals surface area contributed by atoms with Crippen LogP contribution in [-0.2, 0) is 6.42 Å². The second-order valence-electron chi connectivity index (χ2n) is 4.40. The van der Waals surface area contributed by atoms with Crippen molar-refractivity contribution in [2.45, 2.75) is 20.3 Å². The number of halogens is 1. The van der Waals surface area contributed by atoms with Gasteiger partial charge in [0.15, 0.2) is 11.0 Å². The minimum absolute atomic E-state index is 0.362. The van der Waals surface area contributed by atoms with Crippen LogP contribution in [0.5, 0.6) is 0 Å². The molecular weight excluding hydrogens is 234 g/mol. The van der Waals surface area contributed by atoms with Gasteiger partial charge in [0.1, 0.15) is 0 Å². The van der Waals surface area contributed by atoms with Crippen molar-refractivity contribution in [3.05, 3.63) is 41.2 Å². The molecule has 0 spiro atoms. The quantitative estimate of drug-likeness (QED) is 0.835. The molecule has 0 aliphatic carbocycles. The molecule has 0 aliphatic rings. The first kappa shape index (κ1) is 12.0. The zero-order valence-electron chi connectivity index (χ0n) is 9.89. The molecule has 0 saturated carbocycles. The van der Waals surface area contributed by atoms with Gasteiger partial charge in [0.25, 0.3) is 0 Å². The van der Waals surface area contributed by atoms with E-state index in [-0.39, 0.29) is 0 Å². The van der Waals surface area contributed by atoms with E-state index in [0.29, 0.717) is 16.9 Å². The molecule has 0 bridgehead atoms. The number of aromatic nitrogens is 3. The Morgan fingerprint density at radius 1 is 1.18 bits per heavy atom. The maximum Gasteiger partial charge on any atom is 0.183 e. The van der Waals surface area contributed by atoms with E-state index in [4.69, 9.17) is 11.6 Å². The summed E-state index contributed by atoms with van der Waals surface area (Å²) in [5.74, 6) is 1.22. The number of hydrogen-bond donors (Lipinski definition) is 0. The molecule has 0 saturated heterocycles. The van der Waals surface area contributed by atoms with Gasteiger partial charge < -0.3 is 0 Å². The van der Waals surface area contributed by atoms with Crippen LogP contribution in [0.15, 0.2) is 30.5 Å². The van der Waals surface area contributed by atoms with Crippen LogP contribution in [0.1, 0.15) is 19.4 Å². The fourth-order valence-corrected chi connectivity index (χ4v) is 1.79. The van der Waals surface area contributed by atoms with Crippen molar-refractivity contribution >= 4 is 11.6 Å². The fourth-order valence-electron chi connectivity index (χ4n) is 1.67. The summed E-state index contributed by atoms with van der Waals surface area (Å²) in [6.07, 6.45) is 2.51. The van der Waals surface area contributed by atoms with Crippen LogP contribution in [0, 0.1) is 5.92 Å². The first-order valence-corrected chi connectivity index (χ1v) is 5.97. The molecule has 2 rings (SSSR count). The van der Waals surface area contributed by atoms with E-state index in [2.05, 4.69) is 41.2 Å². The summed E-state index contributed by atoms with van der Waals surface area (Å²) in [5.41, 5.74) is 2.26. The Hall–Kier alpha value is -1.48. The van der Waals surface area contributed by atoms with Gasteiger partial charge >= 0.3 is 0 Å². The molecule has 0 amide bonds. The lowest BCUT2D eigenvalue weighted by atomic mass is 10.0. The molecule has 0 fully saturated rings. The molecular formula is C13H14ClN3. The molecule has 0 N–H and O–H groups in total. The molecule has 1 heterocycles. The number of rotatable bonds is 3. The predicted octanol–water partition coefficient (Wildman–Crippen LogP) is 3.39. The second kappa shape index (κ2) is 5.23. The third-order valence-electron chi connectivity index (χ3n) is 2.39. The highest BCUT2D eigenvalue weighted by Gasteiger charge is 2.03. The molecule has 0 atom stereocenters. The highest BCUT2D eigenvalue weighted by molar-refractivity contribution is 6.29. The van der Waals surface area contributed by atoms with Crippen LogP contribution in [0.3, 0.4) is 0 Å². The molecule has 3 nitrogen and oxygen atoms in total. The van der Waals surface area contributed by atoms with Gasteiger partial charge in [0.2, 0.25) is 0 Å². The Kier molecular flexibility index (Phi) is 3.69. The third-order valence-corrected chi connectivity index (χ3v) is 2.57. The molecule has 0 unspecified atom stereocenters. The van der Waals surface area contributed by atoms with Gasteiger partial charge in [-0.25, -0.2) is 4.98 Å². The Balaban J connectivity index is 2.23. The topological polar surface area (TPSA) is 38.7 Å². The van der Waals surface area contributed by atoms with E-state index in [1.54, 1.807) is 0 Å². The standard InChI is InChI=1S/C13H14ClN3/c1-9(2)7-10-3-5-11(6-4-10)13-16-12(14)8-15-17-13/h3-6,8-9H,7H2,1-2H3. The van der Waals surface area contributed by atoms with Crippen molar-refractivity contribution < 1.29 is 0 Å². The Bertz CT molecular complexity index is 494. The number of benzene rings is 1. The summed E-state index contributed by atoms with van der Waals surface area (Å²) in [6.45, 7) is 4.41. The van der Waals surface area contributed by atoms with E-state index in [1.807, 2.05) is 12.1 Å². The summed E-state index contributed by atoms with van der Waals surface area (Å²) in [4.78, 5) is 4.13. The van der Waals surface area contributed by atoms with Gasteiger partial charge in [-0.2, -0.15) is 5.10 Å². The lowest BCUT2D eigenvalue weighted by Crippen LogP contribution is -1.95. The normalized spacial score (nSPS) is 10.8. The molecule has 4 heteroatoms. The van der Waals surface area contributed by atoms with E-state index in [9.17, 15) is 0 Å². The molecule has 88 valence electrons. The molecule has 1 aromatic carbocycles. The van der Waals surface area contributed by atoms with Crippen molar-refractivity contribution in [3.63, 3.8) is 0 Å². The summed E-state index contributed by atoms with van der Waals surface area (Å²) >= 11 is 5.78. The molecule has 17 heavy (non-hydrogen) atoms. The fraction of sp³-hybridized carbons (Fsp3) is 0.308. The first-order chi connectivity index (χ1) is 8.15. The first-order valence-electron chi connectivity index (χ1n) is 5.59. The third kappa shape index (κ3) is 3.24. The maximum atomic E-state index is 5.78. The van der Waals surface area contributed by atoms with Crippen LogP contribution >= 0.6 is 11.6 Å². The number of hydrogen-bond acceptors (Lipinski definition) is 3. The van der Waals surface area contributed by atoms with Gasteiger partial charge in [-0.15, -0.1) is 5.10 Å². The Morgan fingerprint density at radius 2 is 1.88 bits per heavy atom. The second-order valence-corrected chi connectivity index (χ2v) is 4.78. The zero-order valence-corrected chi connectivity index (χ0v) is 10.6. The zero-order chi connectivity index (χ0) is 12.3. The largest absolute Gasteiger partial charge is 0.213 e. The van der Waals surface area contributed by atoms with Crippen molar-refractivity contribution in [3.8, 4) is 11.4 Å². The van der Waals surface area contributed by atoms with Gasteiger partial charge in [-0.1, -0.05) is 49.7 Å². The minimum Gasteiger partial charge on any atom is -0.213 e. The van der Waals surface area contributed by atoms with Crippen molar-refractivity contribution in [1.82, 2.24) is 15.2 Å². The molecule has 0 aliphatic heterocycles. The average Bonchev–Trinajstić information content (AvgIpc) is 2.29. The summed E-state index contributed by atoms with van der Waals surface area (Å²) in [5, 5.41) is 8.10. The van der Waals surface area contributed by atoms with Crippen LogP contribution in [0.25, 0.3) is 11.4 Å². The maximum absolute atomic E-state index is 5.78. The summed E-state index contributed by atoms with van der Waals surface area (Å²) in [6, 6.07) is 8.20. The van der Waals surface area contributed by atoms with Crippen molar-refractivity contribution in [2.75, 3.05) is 0 Å². The lowest BCUT2D eigenvalue weighted by molar-refractivity contribution is 0.647. The smallest absolute Gasteiger partial charge is 0.183 e. The SMILES string of the molecule is CC(C)Cc1ccc(-c2nncc(Cl)n2)cc1. The molecule has 1 aromatic heterocycles.